The van der Waals surface area contributed by atoms with Gasteiger partial charge in [0.1, 0.15) is 6.29 Å². The molecule has 0 bridgehead atoms. The molecule has 0 amide bonds. The number of aldehydes is 1. The summed E-state index contributed by atoms with van der Waals surface area (Å²) in [5.41, 5.74) is 2.03. The Morgan fingerprint density at radius 3 is 2.32 bits per heavy atom. The van der Waals surface area contributed by atoms with Crippen molar-refractivity contribution in [3.8, 4) is 0 Å². The second-order valence-electron chi connectivity index (χ2n) is 4.63. The van der Waals surface area contributed by atoms with Crippen LogP contribution in [0.5, 0.6) is 0 Å². The van der Waals surface area contributed by atoms with Gasteiger partial charge in [-0.25, -0.2) is 0 Å². The molecular formula is C16H15BrOS. The van der Waals surface area contributed by atoms with Crippen molar-refractivity contribution in [2.45, 2.75) is 29.6 Å². The van der Waals surface area contributed by atoms with Crippen LogP contribution in [-0.2, 0) is 0 Å². The molecule has 0 saturated heterocycles. The summed E-state index contributed by atoms with van der Waals surface area (Å²) >= 11 is 5.19. The fourth-order valence-corrected chi connectivity index (χ4v) is 3.18. The molecule has 0 saturated carbocycles. The van der Waals surface area contributed by atoms with Crippen LogP contribution in [0.2, 0.25) is 0 Å². The number of hydrogen-bond acceptors (Lipinski definition) is 2. The molecule has 98 valence electrons. The lowest BCUT2D eigenvalue weighted by Crippen LogP contribution is -1.86. The second kappa shape index (κ2) is 6.40. The average Bonchev–Trinajstić information content (AvgIpc) is 2.41. The van der Waals surface area contributed by atoms with E-state index >= 15 is 0 Å². The largest absolute Gasteiger partial charge is 0.298 e. The molecule has 0 radical (unpaired) electrons. The van der Waals surface area contributed by atoms with Crippen molar-refractivity contribution in [3.63, 3.8) is 0 Å². The van der Waals surface area contributed by atoms with Crippen molar-refractivity contribution < 1.29 is 4.79 Å². The summed E-state index contributed by atoms with van der Waals surface area (Å²) in [4.78, 5) is 13.0. The van der Waals surface area contributed by atoms with Crippen LogP contribution in [0.25, 0.3) is 0 Å². The summed E-state index contributed by atoms with van der Waals surface area (Å²) in [6, 6.07) is 14.3. The highest BCUT2D eigenvalue weighted by atomic mass is 79.9. The third-order valence-corrected chi connectivity index (χ3v) is 4.87. The molecule has 0 aliphatic rings. The molecule has 2 aromatic rings. The molecule has 3 heteroatoms. The van der Waals surface area contributed by atoms with Crippen LogP contribution >= 0.6 is 27.7 Å². The van der Waals surface area contributed by atoms with Gasteiger partial charge in [-0.3, -0.25) is 4.79 Å². The van der Waals surface area contributed by atoms with Gasteiger partial charge in [0.25, 0.3) is 0 Å². The maximum atomic E-state index is 10.7. The molecule has 0 fully saturated rings. The second-order valence-corrected chi connectivity index (χ2v) is 6.60. The molecule has 2 rings (SSSR count). The first kappa shape index (κ1) is 14.4. The minimum Gasteiger partial charge on any atom is -0.298 e. The monoisotopic (exact) mass is 334 g/mol. The first-order valence-electron chi connectivity index (χ1n) is 6.12. The summed E-state index contributed by atoms with van der Waals surface area (Å²) in [6.45, 7) is 4.38. The Labute approximate surface area is 126 Å². The Hall–Kier alpha value is -1.06. The van der Waals surface area contributed by atoms with Crippen molar-refractivity contribution in [1.29, 1.82) is 0 Å². The predicted octanol–water partition coefficient (Wildman–Crippen LogP) is 5.54. The van der Waals surface area contributed by atoms with Crippen molar-refractivity contribution in [1.82, 2.24) is 0 Å². The van der Waals surface area contributed by atoms with Gasteiger partial charge in [0, 0.05) is 19.8 Å². The van der Waals surface area contributed by atoms with E-state index < -0.39 is 0 Å². The highest BCUT2D eigenvalue weighted by Gasteiger charge is 2.05. The van der Waals surface area contributed by atoms with Crippen molar-refractivity contribution >= 4 is 34.0 Å². The summed E-state index contributed by atoms with van der Waals surface area (Å²) < 4.78 is 0.954. The number of hydrogen-bond donors (Lipinski definition) is 0. The zero-order chi connectivity index (χ0) is 13.8. The maximum absolute atomic E-state index is 10.7. The highest BCUT2D eigenvalue weighted by molar-refractivity contribution is 9.10. The number of carbonyl (C=O) groups excluding carboxylic acids is 1. The molecule has 2 aromatic carbocycles. The summed E-state index contributed by atoms with van der Waals surface area (Å²) in [6.07, 6.45) is 0.858. The molecule has 1 nitrogen and oxygen atoms in total. The zero-order valence-electron chi connectivity index (χ0n) is 10.9. The number of rotatable bonds is 4. The van der Waals surface area contributed by atoms with E-state index in [-0.39, 0.29) is 0 Å². The van der Waals surface area contributed by atoms with Gasteiger partial charge < -0.3 is 0 Å². The Morgan fingerprint density at radius 2 is 1.79 bits per heavy atom. The summed E-state index contributed by atoms with van der Waals surface area (Å²) in [5.74, 6) is 0.553. The number of carbonyl (C=O) groups is 1. The van der Waals surface area contributed by atoms with Gasteiger partial charge >= 0.3 is 0 Å². The molecule has 19 heavy (non-hydrogen) atoms. The molecule has 0 atom stereocenters. The van der Waals surface area contributed by atoms with E-state index in [4.69, 9.17) is 0 Å². The normalized spacial score (nSPS) is 10.7. The Balaban J connectivity index is 2.19. The van der Waals surface area contributed by atoms with E-state index in [0.29, 0.717) is 11.5 Å². The molecule has 0 N–H and O–H groups in total. The molecule has 0 heterocycles. The standard InChI is InChI=1S/C16H15BrOS/c1-11(2)13-4-6-14(7-5-13)19-16-8-3-12(10-18)9-15(16)17/h3-11H,1-2H3. The smallest absolute Gasteiger partial charge is 0.150 e. The molecular weight excluding hydrogens is 320 g/mol. The summed E-state index contributed by atoms with van der Waals surface area (Å²) in [5, 5.41) is 0. The van der Waals surface area contributed by atoms with Gasteiger partial charge in [0.05, 0.1) is 0 Å². The van der Waals surface area contributed by atoms with Gasteiger partial charge in [0.15, 0.2) is 0 Å². The minimum atomic E-state index is 0.553. The lowest BCUT2D eigenvalue weighted by Gasteiger charge is -2.08. The molecule has 0 aliphatic carbocycles. The first-order chi connectivity index (χ1) is 9.10. The van der Waals surface area contributed by atoms with Crippen LogP contribution in [-0.4, -0.2) is 6.29 Å². The fourth-order valence-electron chi connectivity index (χ4n) is 1.72. The quantitative estimate of drug-likeness (QED) is 0.683. The Morgan fingerprint density at radius 1 is 1.11 bits per heavy atom. The number of halogens is 1. The van der Waals surface area contributed by atoms with Crippen LogP contribution in [0, 0.1) is 0 Å². The van der Waals surface area contributed by atoms with Gasteiger partial charge in [0.2, 0.25) is 0 Å². The van der Waals surface area contributed by atoms with Gasteiger partial charge in [-0.15, -0.1) is 0 Å². The van der Waals surface area contributed by atoms with Gasteiger partial charge in [-0.1, -0.05) is 43.8 Å². The maximum Gasteiger partial charge on any atom is 0.150 e. The van der Waals surface area contributed by atoms with Gasteiger partial charge in [-0.2, -0.15) is 0 Å². The van der Waals surface area contributed by atoms with Crippen LogP contribution in [0.15, 0.2) is 56.7 Å². The van der Waals surface area contributed by atoms with E-state index in [1.54, 1.807) is 11.8 Å². The van der Waals surface area contributed by atoms with Crippen LogP contribution in [0.3, 0.4) is 0 Å². The van der Waals surface area contributed by atoms with Gasteiger partial charge in [-0.05, 0) is 51.7 Å². The predicted molar refractivity (Wildman–Crippen MR) is 84.2 cm³/mol. The fraction of sp³-hybridized carbons (Fsp3) is 0.188. The van der Waals surface area contributed by atoms with E-state index in [2.05, 4.69) is 54.0 Å². The topological polar surface area (TPSA) is 17.1 Å². The summed E-state index contributed by atoms with van der Waals surface area (Å²) in [7, 11) is 0. The highest BCUT2D eigenvalue weighted by Crippen LogP contribution is 2.34. The SMILES string of the molecule is CC(C)c1ccc(Sc2ccc(C=O)cc2Br)cc1. The Bertz CT molecular complexity index is 576. The zero-order valence-corrected chi connectivity index (χ0v) is 13.3. The van der Waals surface area contributed by atoms with Crippen molar-refractivity contribution in [2.75, 3.05) is 0 Å². The lowest BCUT2D eigenvalue weighted by molar-refractivity contribution is 0.112. The minimum absolute atomic E-state index is 0.553. The number of benzene rings is 2. The first-order valence-corrected chi connectivity index (χ1v) is 7.73. The van der Waals surface area contributed by atoms with Crippen molar-refractivity contribution in [2.24, 2.45) is 0 Å². The molecule has 0 spiro atoms. The Kier molecular flexibility index (Phi) is 4.83. The average molecular weight is 335 g/mol. The van der Waals surface area contributed by atoms with E-state index in [1.165, 1.54) is 10.5 Å². The third-order valence-electron chi connectivity index (χ3n) is 2.87. The van der Waals surface area contributed by atoms with Crippen LogP contribution in [0.1, 0.15) is 35.7 Å². The van der Waals surface area contributed by atoms with E-state index in [9.17, 15) is 4.79 Å². The van der Waals surface area contributed by atoms with Crippen LogP contribution < -0.4 is 0 Å². The lowest BCUT2D eigenvalue weighted by atomic mass is 10.0. The van der Waals surface area contributed by atoms with E-state index in [1.807, 2.05) is 18.2 Å². The molecule has 0 aliphatic heterocycles. The van der Waals surface area contributed by atoms with E-state index in [0.717, 1.165) is 15.7 Å². The third kappa shape index (κ3) is 3.71. The van der Waals surface area contributed by atoms with Crippen molar-refractivity contribution in [3.05, 3.63) is 58.1 Å². The molecule has 0 aromatic heterocycles. The van der Waals surface area contributed by atoms with Crippen LogP contribution in [0.4, 0.5) is 0 Å². The molecule has 0 unspecified atom stereocenters.